The molecule has 2 aromatic rings. The van der Waals surface area contributed by atoms with Crippen molar-refractivity contribution < 1.29 is 9.53 Å². The maximum atomic E-state index is 12.1. The molecule has 1 fully saturated rings. The van der Waals surface area contributed by atoms with Gasteiger partial charge in [-0.05, 0) is 25.0 Å². The third-order valence-electron chi connectivity index (χ3n) is 3.53. The van der Waals surface area contributed by atoms with Crippen LogP contribution < -0.4 is 16.7 Å². The second kappa shape index (κ2) is 5.53. The summed E-state index contributed by atoms with van der Waals surface area (Å²) in [5.41, 5.74) is 0.00864. The largest absolute Gasteiger partial charge is 0.376 e. The summed E-state index contributed by atoms with van der Waals surface area (Å²) in [6.45, 7) is 1.11. The number of nitrogens with zero attached hydrogens (tertiary/aromatic N) is 2. The van der Waals surface area contributed by atoms with Gasteiger partial charge in [0.1, 0.15) is 0 Å². The fraction of sp³-hybridized carbons (Fsp3) is 0.357. The number of nitrogens with one attached hydrogen (secondary N) is 1. The molecule has 1 aromatic carbocycles. The lowest BCUT2D eigenvalue weighted by Gasteiger charge is -2.12. The van der Waals surface area contributed by atoms with Gasteiger partial charge in [-0.15, -0.1) is 0 Å². The van der Waals surface area contributed by atoms with E-state index in [0.29, 0.717) is 17.4 Å². The third-order valence-corrected chi connectivity index (χ3v) is 3.53. The van der Waals surface area contributed by atoms with Crippen LogP contribution in [0.5, 0.6) is 0 Å². The number of rotatable bonds is 3. The summed E-state index contributed by atoms with van der Waals surface area (Å²) in [5.74, 6) is 5.11. The molecule has 1 amide bonds. The fourth-order valence-electron chi connectivity index (χ4n) is 2.40. The molecule has 0 spiro atoms. The molecule has 0 saturated carbocycles. The van der Waals surface area contributed by atoms with Gasteiger partial charge in [0.25, 0.3) is 11.5 Å². The predicted molar refractivity (Wildman–Crippen MR) is 77.5 cm³/mol. The average Bonchev–Trinajstić information content (AvgIpc) is 3.02. The Morgan fingerprint density at radius 3 is 3.05 bits per heavy atom. The number of carbonyl (C=O) groups is 1. The number of nitrogen functional groups attached to an aromatic ring is 1. The quantitative estimate of drug-likeness (QED) is 0.776. The summed E-state index contributed by atoms with van der Waals surface area (Å²) in [4.78, 5) is 28.4. The van der Waals surface area contributed by atoms with Gasteiger partial charge in [-0.25, -0.2) is 9.66 Å². The first kappa shape index (κ1) is 13.6. The Morgan fingerprint density at radius 1 is 1.48 bits per heavy atom. The van der Waals surface area contributed by atoms with Gasteiger partial charge in [-0.1, -0.05) is 12.1 Å². The number of amides is 1. The Morgan fingerprint density at radius 2 is 2.29 bits per heavy atom. The van der Waals surface area contributed by atoms with Gasteiger partial charge >= 0.3 is 0 Å². The number of aromatic nitrogens is 2. The van der Waals surface area contributed by atoms with Crippen molar-refractivity contribution in [1.29, 1.82) is 0 Å². The summed E-state index contributed by atoms with van der Waals surface area (Å²) < 4.78 is 6.21. The summed E-state index contributed by atoms with van der Waals surface area (Å²) in [6, 6.07) is 6.78. The highest BCUT2D eigenvalue weighted by Crippen LogP contribution is 2.11. The zero-order valence-corrected chi connectivity index (χ0v) is 11.4. The number of ether oxygens (including phenoxy) is 1. The smallest absolute Gasteiger partial charge is 0.289 e. The zero-order chi connectivity index (χ0) is 14.8. The Bertz CT molecular complexity index is 735. The molecule has 7 heteroatoms. The number of hydrogen-bond donors (Lipinski definition) is 2. The van der Waals surface area contributed by atoms with Gasteiger partial charge in [0.05, 0.1) is 17.0 Å². The van der Waals surface area contributed by atoms with E-state index >= 15 is 0 Å². The molecular formula is C14H16N4O3. The van der Waals surface area contributed by atoms with Crippen molar-refractivity contribution >= 4 is 16.8 Å². The maximum absolute atomic E-state index is 12.1. The number of carbonyl (C=O) groups excluding carboxylic acids is 1. The van der Waals surface area contributed by atoms with Crippen LogP contribution in [0.25, 0.3) is 10.9 Å². The van der Waals surface area contributed by atoms with E-state index in [-0.39, 0.29) is 11.9 Å². The highest BCUT2D eigenvalue weighted by atomic mass is 16.5. The van der Waals surface area contributed by atoms with E-state index in [0.717, 1.165) is 24.1 Å². The van der Waals surface area contributed by atoms with E-state index in [2.05, 4.69) is 10.3 Å². The van der Waals surface area contributed by atoms with E-state index in [9.17, 15) is 9.59 Å². The molecule has 1 aliphatic rings. The molecule has 110 valence electrons. The topological polar surface area (TPSA) is 99.2 Å². The van der Waals surface area contributed by atoms with Crippen LogP contribution in [0.15, 0.2) is 29.1 Å². The van der Waals surface area contributed by atoms with Crippen LogP contribution in [-0.2, 0) is 4.74 Å². The normalized spacial score (nSPS) is 18.0. The van der Waals surface area contributed by atoms with Gasteiger partial charge in [0, 0.05) is 13.2 Å². The van der Waals surface area contributed by atoms with E-state index in [4.69, 9.17) is 10.6 Å². The minimum atomic E-state index is -0.476. The molecule has 0 bridgehead atoms. The molecule has 1 saturated heterocycles. The van der Waals surface area contributed by atoms with Crippen LogP contribution in [0.2, 0.25) is 0 Å². The second-order valence-corrected chi connectivity index (χ2v) is 4.97. The first-order valence-electron chi connectivity index (χ1n) is 6.83. The molecule has 1 aromatic heterocycles. The van der Waals surface area contributed by atoms with Gasteiger partial charge in [0.15, 0.2) is 0 Å². The van der Waals surface area contributed by atoms with Crippen LogP contribution in [0.3, 0.4) is 0 Å². The molecule has 1 unspecified atom stereocenters. The van der Waals surface area contributed by atoms with Gasteiger partial charge in [-0.3, -0.25) is 9.59 Å². The van der Waals surface area contributed by atoms with E-state index in [1.165, 1.54) is 0 Å². The highest BCUT2D eigenvalue weighted by molar-refractivity contribution is 5.93. The number of benzene rings is 1. The van der Waals surface area contributed by atoms with Crippen LogP contribution >= 0.6 is 0 Å². The molecular weight excluding hydrogens is 272 g/mol. The molecule has 7 nitrogen and oxygen atoms in total. The van der Waals surface area contributed by atoms with Crippen molar-refractivity contribution in [2.24, 2.45) is 0 Å². The lowest BCUT2D eigenvalue weighted by atomic mass is 10.2. The first-order chi connectivity index (χ1) is 10.2. The summed E-state index contributed by atoms with van der Waals surface area (Å²) in [7, 11) is 0. The van der Waals surface area contributed by atoms with Gasteiger partial charge in [-0.2, -0.15) is 0 Å². The van der Waals surface area contributed by atoms with Gasteiger partial charge in [0.2, 0.25) is 5.82 Å². The summed E-state index contributed by atoms with van der Waals surface area (Å²) >= 11 is 0. The summed E-state index contributed by atoms with van der Waals surface area (Å²) in [5, 5.41) is 3.09. The monoisotopic (exact) mass is 288 g/mol. The number of hydrogen-bond acceptors (Lipinski definition) is 5. The van der Waals surface area contributed by atoms with Crippen LogP contribution in [0, 0.1) is 0 Å². The molecule has 1 aliphatic heterocycles. The maximum Gasteiger partial charge on any atom is 0.289 e. The SMILES string of the molecule is Nn1c(C(=O)NCC2CCCO2)nc2ccccc2c1=O. The van der Waals surface area contributed by atoms with Gasteiger partial charge < -0.3 is 15.9 Å². The number of fused-ring (bicyclic) bond motifs is 1. The van der Waals surface area contributed by atoms with Crippen LogP contribution in [0.1, 0.15) is 23.5 Å². The van der Waals surface area contributed by atoms with Crippen molar-refractivity contribution in [3.63, 3.8) is 0 Å². The van der Waals surface area contributed by atoms with E-state index in [1.54, 1.807) is 24.3 Å². The molecule has 2 heterocycles. The number of nitrogens with two attached hydrogens (primary N) is 1. The fourth-order valence-corrected chi connectivity index (χ4v) is 2.40. The number of para-hydroxylation sites is 1. The van der Waals surface area contributed by atoms with E-state index in [1.807, 2.05) is 0 Å². The van der Waals surface area contributed by atoms with E-state index < -0.39 is 11.5 Å². The Kier molecular flexibility index (Phi) is 3.57. The third kappa shape index (κ3) is 2.59. The first-order valence-corrected chi connectivity index (χ1v) is 6.83. The highest BCUT2D eigenvalue weighted by Gasteiger charge is 2.19. The molecule has 3 N–H and O–H groups in total. The van der Waals surface area contributed by atoms with Crippen molar-refractivity contribution in [1.82, 2.24) is 15.0 Å². The average molecular weight is 288 g/mol. The van der Waals surface area contributed by atoms with Crippen molar-refractivity contribution in [3.05, 3.63) is 40.4 Å². The molecule has 3 rings (SSSR count). The molecule has 0 radical (unpaired) electrons. The van der Waals surface area contributed by atoms with Crippen LogP contribution in [0.4, 0.5) is 0 Å². The van der Waals surface area contributed by atoms with Crippen LogP contribution in [-0.4, -0.2) is 34.8 Å². The Labute approximate surface area is 120 Å². The zero-order valence-electron chi connectivity index (χ0n) is 11.4. The van der Waals surface area contributed by atoms with Crippen molar-refractivity contribution in [2.75, 3.05) is 19.0 Å². The molecule has 0 aliphatic carbocycles. The molecule has 21 heavy (non-hydrogen) atoms. The second-order valence-electron chi connectivity index (χ2n) is 4.97. The minimum absolute atomic E-state index is 0.0207. The molecule has 1 atom stereocenters. The van der Waals surface area contributed by atoms with Crippen molar-refractivity contribution in [3.8, 4) is 0 Å². The Hall–Kier alpha value is -2.41. The summed E-state index contributed by atoms with van der Waals surface area (Å²) in [6.07, 6.45) is 1.93. The standard InChI is InChI=1S/C14H16N4O3/c15-18-12(13(19)16-8-9-4-3-7-21-9)17-11-6-2-1-5-10(11)14(18)20/h1-2,5-6,9H,3-4,7-8,15H2,(H,16,19). The lowest BCUT2D eigenvalue weighted by molar-refractivity contribution is 0.0846. The van der Waals surface area contributed by atoms with Crippen molar-refractivity contribution in [2.45, 2.75) is 18.9 Å². The Balaban J connectivity index is 1.87. The minimum Gasteiger partial charge on any atom is -0.376 e. The predicted octanol–water partition coefficient (Wildman–Crippen LogP) is 0.0191. The lowest BCUT2D eigenvalue weighted by Crippen LogP contribution is -2.40.